The number of hydrogen-bond donors (Lipinski definition) is 1. The lowest BCUT2D eigenvalue weighted by atomic mass is 9.95. The maximum absolute atomic E-state index is 12.8. The second-order valence-electron chi connectivity index (χ2n) is 6.90. The van der Waals surface area contributed by atoms with Crippen LogP contribution in [0.2, 0.25) is 0 Å². The average molecular weight is 341 g/mol. The summed E-state index contributed by atoms with van der Waals surface area (Å²) >= 11 is 0. The zero-order chi connectivity index (χ0) is 17.2. The van der Waals surface area contributed by atoms with Crippen molar-refractivity contribution in [1.82, 2.24) is 20.0 Å². The molecule has 2 aliphatic rings. The van der Waals surface area contributed by atoms with Crippen LogP contribution in [0.15, 0.2) is 16.9 Å². The zero-order valence-corrected chi connectivity index (χ0v) is 14.5. The minimum atomic E-state index is -0.00743. The first-order valence-corrected chi connectivity index (χ1v) is 9.02. The fourth-order valence-electron chi connectivity index (χ4n) is 3.67. The first-order chi connectivity index (χ1) is 12.2. The Hall–Kier alpha value is -2.44. The van der Waals surface area contributed by atoms with Crippen LogP contribution < -0.4 is 5.32 Å². The van der Waals surface area contributed by atoms with E-state index < -0.39 is 0 Å². The molecule has 0 saturated carbocycles. The number of amides is 1. The highest BCUT2D eigenvalue weighted by Crippen LogP contribution is 2.26. The van der Waals surface area contributed by atoms with Crippen molar-refractivity contribution in [3.8, 4) is 0 Å². The molecule has 7 nitrogen and oxygen atoms in total. The molecule has 0 atom stereocenters. The molecule has 0 spiro atoms. The van der Waals surface area contributed by atoms with Gasteiger partial charge in [-0.05, 0) is 45.4 Å². The van der Waals surface area contributed by atoms with Gasteiger partial charge in [0, 0.05) is 36.5 Å². The third-order valence-corrected chi connectivity index (χ3v) is 5.09. The standard InChI is InChI=1S/C18H23N5O2/c1-12-10-16(20-11-19-12)21-13-6-8-23(9-7-13)18(24)17-14-4-2-3-5-15(14)22-25-17/h10-11,13H,2-9H2,1H3,(H,19,20,21). The van der Waals surface area contributed by atoms with Crippen LogP contribution in [0.5, 0.6) is 0 Å². The Balaban J connectivity index is 1.37. The van der Waals surface area contributed by atoms with E-state index in [1.54, 1.807) is 6.33 Å². The van der Waals surface area contributed by atoms with Crippen LogP contribution in [0.3, 0.4) is 0 Å². The lowest BCUT2D eigenvalue weighted by Gasteiger charge is -2.32. The largest absolute Gasteiger partial charge is 0.367 e. The molecule has 1 aliphatic carbocycles. The van der Waals surface area contributed by atoms with Crippen molar-refractivity contribution in [2.75, 3.05) is 18.4 Å². The lowest BCUT2D eigenvalue weighted by molar-refractivity contribution is 0.0675. The summed E-state index contributed by atoms with van der Waals surface area (Å²) in [6, 6.07) is 2.26. The van der Waals surface area contributed by atoms with E-state index in [9.17, 15) is 4.79 Å². The van der Waals surface area contributed by atoms with E-state index in [1.807, 2.05) is 17.9 Å². The molecule has 0 aromatic carbocycles. The molecule has 1 saturated heterocycles. The number of carbonyl (C=O) groups is 1. The van der Waals surface area contributed by atoms with Crippen molar-refractivity contribution in [3.63, 3.8) is 0 Å². The third kappa shape index (κ3) is 3.36. The summed E-state index contributed by atoms with van der Waals surface area (Å²) in [6.07, 6.45) is 7.44. The lowest BCUT2D eigenvalue weighted by Crippen LogP contribution is -2.42. The van der Waals surface area contributed by atoms with E-state index in [1.165, 1.54) is 0 Å². The number of nitrogens with zero attached hydrogens (tertiary/aromatic N) is 4. The molecule has 1 N–H and O–H groups in total. The molecule has 0 unspecified atom stereocenters. The summed E-state index contributed by atoms with van der Waals surface area (Å²) in [6.45, 7) is 3.39. The Morgan fingerprint density at radius 3 is 2.84 bits per heavy atom. The van der Waals surface area contributed by atoms with Crippen LogP contribution in [-0.4, -0.2) is 45.1 Å². The van der Waals surface area contributed by atoms with Crippen molar-refractivity contribution in [2.24, 2.45) is 0 Å². The average Bonchev–Trinajstić information content (AvgIpc) is 3.06. The SMILES string of the molecule is Cc1cc(NC2CCN(C(=O)c3onc4c3CCCC4)CC2)ncn1. The van der Waals surface area contributed by atoms with Gasteiger partial charge in [-0.25, -0.2) is 9.97 Å². The maximum Gasteiger partial charge on any atom is 0.292 e. The van der Waals surface area contributed by atoms with E-state index in [0.717, 1.165) is 74.4 Å². The third-order valence-electron chi connectivity index (χ3n) is 5.09. The quantitative estimate of drug-likeness (QED) is 0.923. The predicted octanol–water partition coefficient (Wildman–Crippen LogP) is 2.37. The van der Waals surface area contributed by atoms with Gasteiger partial charge in [-0.3, -0.25) is 4.79 Å². The molecular formula is C18H23N5O2. The van der Waals surface area contributed by atoms with Crippen LogP contribution in [0.1, 0.15) is 53.2 Å². The molecule has 4 rings (SSSR count). The number of aromatic nitrogens is 3. The van der Waals surface area contributed by atoms with Gasteiger partial charge in [0.1, 0.15) is 12.1 Å². The van der Waals surface area contributed by atoms with E-state index >= 15 is 0 Å². The zero-order valence-electron chi connectivity index (χ0n) is 14.5. The second kappa shape index (κ2) is 6.82. The predicted molar refractivity (Wildman–Crippen MR) is 92.5 cm³/mol. The number of fused-ring (bicyclic) bond motifs is 1. The van der Waals surface area contributed by atoms with Gasteiger partial charge in [-0.15, -0.1) is 0 Å². The topological polar surface area (TPSA) is 84.2 Å². The number of carbonyl (C=O) groups excluding carboxylic acids is 1. The molecule has 3 heterocycles. The Kier molecular flexibility index (Phi) is 4.38. The van der Waals surface area contributed by atoms with Crippen molar-refractivity contribution < 1.29 is 9.32 Å². The molecule has 1 amide bonds. The van der Waals surface area contributed by atoms with Crippen LogP contribution in [-0.2, 0) is 12.8 Å². The Morgan fingerprint density at radius 2 is 2.04 bits per heavy atom. The summed E-state index contributed by atoms with van der Waals surface area (Å²) in [4.78, 5) is 23.0. The van der Waals surface area contributed by atoms with Crippen LogP contribution in [0, 0.1) is 6.92 Å². The van der Waals surface area contributed by atoms with Gasteiger partial charge in [0.15, 0.2) is 0 Å². The van der Waals surface area contributed by atoms with Gasteiger partial charge in [-0.2, -0.15) is 0 Å². The number of likely N-dealkylation sites (tertiary alicyclic amines) is 1. The van der Waals surface area contributed by atoms with Gasteiger partial charge >= 0.3 is 0 Å². The van der Waals surface area contributed by atoms with Gasteiger partial charge in [0.2, 0.25) is 5.76 Å². The van der Waals surface area contributed by atoms with E-state index in [4.69, 9.17) is 4.52 Å². The molecule has 2 aromatic rings. The summed E-state index contributed by atoms with van der Waals surface area (Å²) in [5, 5.41) is 7.54. The monoisotopic (exact) mass is 341 g/mol. The van der Waals surface area contributed by atoms with Crippen LogP contribution in [0.4, 0.5) is 5.82 Å². The highest BCUT2D eigenvalue weighted by Gasteiger charge is 2.30. The van der Waals surface area contributed by atoms with Gasteiger partial charge < -0.3 is 14.7 Å². The molecule has 1 aliphatic heterocycles. The van der Waals surface area contributed by atoms with Crippen molar-refractivity contribution in [2.45, 2.75) is 51.5 Å². The summed E-state index contributed by atoms with van der Waals surface area (Å²) in [7, 11) is 0. The van der Waals surface area contributed by atoms with E-state index in [2.05, 4.69) is 20.4 Å². The number of anilines is 1. The number of rotatable bonds is 3. The minimum absolute atomic E-state index is 0.00743. The maximum atomic E-state index is 12.8. The van der Waals surface area contributed by atoms with Gasteiger partial charge in [0.05, 0.1) is 5.69 Å². The molecule has 2 aromatic heterocycles. The first kappa shape index (κ1) is 16.1. The molecule has 25 heavy (non-hydrogen) atoms. The number of piperidine rings is 1. The Labute approximate surface area is 146 Å². The first-order valence-electron chi connectivity index (χ1n) is 9.02. The fraction of sp³-hybridized carbons (Fsp3) is 0.556. The number of hydrogen-bond acceptors (Lipinski definition) is 6. The summed E-state index contributed by atoms with van der Waals surface area (Å²) < 4.78 is 5.39. The molecular weight excluding hydrogens is 318 g/mol. The van der Waals surface area contributed by atoms with Crippen molar-refractivity contribution >= 4 is 11.7 Å². The highest BCUT2D eigenvalue weighted by atomic mass is 16.5. The molecule has 1 fully saturated rings. The summed E-state index contributed by atoms with van der Waals surface area (Å²) in [5.41, 5.74) is 2.96. The molecule has 132 valence electrons. The number of nitrogens with one attached hydrogen (secondary N) is 1. The highest BCUT2D eigenvalue weighted by molar-refractivity contribution is 5.93. The van der Waals surface area contributed by atoms with E-state index in [0.29, 0.717) is 11.8 Å². The number of aryl methyl sites for hydroxylation is 2. The smallest absolute Gasteiger partial charge is 0.292 e. The van der Waals surface area contributed by atoms with Gasteiger partial charge in [-0.1, -0.05) is 5.16 Å². The Morgan fingerprint density at radius 1 is 1.24 bits per heavy atom. The molecule has 0 bridgehead atoms. The van der Waals surface area contributed by atoms with Gasteiger partial charge in [0.25, 0.3) is 5.91 Å². The van der Waals surface area contributed by atoms with E-state index in [-0.39, 0.29) is 5.91 Å². The fourth-order valence-corrected chi connectivity index (χ4v) is 3.67. The van der Waals surface area contributed by atoms with Crippen molar-refractivity contribution in [3.05, 3.63) is 35.1 Å². The second-order valence-corrected chi connectivity index (χ2v) is 6.90. The molecule has 0 radical (unpaired) electrons. The molecule has 7 heteroatoms. The Bertz CT molecular complexity index is 765. The van der Waals surface area contributed by atoms with Crippen molar-refractivity contribution in [1.29, 1.82) is 0 Å². The van der Waals surface area contributed by atoms with Crippen LogP contribution in [0.25, 0.3) is 0 Å². The normalized spacial score (nSPS) is 18.0. The summed E-state index contributed by atoms with van der Waals surface area (Å²) in [5.74, 6) is 1.31. The van der Waals surface area contributed by atoms with Crippen LogP contribution >= 0.6 is 0 Å². The minimum Gasteiger partial charge on any atom is -0.367 e.